The SMILES string of the molecule is CCOC(=O)[C@H]1CCCN(Cc2cn[nH]c2-c2ccc(F)cc2)C1. The molecule has 1 N–H and O–H groups in total. The lowest BCUT2D eigenvalue weighted by atomic mass is 9.97. The first-order valence-corrected chi connectivity index (χ1v) is 8.34. The van der Waals surface area contributed by atoms with Crippen LogP contribution in [0.3, 0.4) is 0 Å². The van der Waals surface area contributed by atoms with Gasteiger partial charge in [0.05, 0.1) is 24.4 Å². The van der Waals surface area contributed by atoms with E-state index in [0.717, 1.165) is 36.2 Å². The van der Waals surface area contributed by atoms with Gasteiger partial charge in [0.15, 0.2) is 0 Å². The molecule has 0 aliphatic carbocycles. The summed E-state index contributed by atoms with van der Waals surface area (Å²) in [4.78, 5) is 14.2. The second-order valence-corrected chi connectivity index (χ2v) is 6.10. The van der Waals surface area contributed by atoms with E-state index in [1.807, 2.05) is 6.92 Å². The number of aromatic nitrogens is 2. The predicted octanol–water partition coefficient (Wildman–Crippen LogP) is 2.99. The highest BCUT2D eigenvalue weighted by Crippen LogP contribution is 2.25. The van der Waals surface area contributed by atoms with E-state index in [2.05, 4.69) is 15.1 Å². The summed E-state index contributed by atoms with van der Waals surface area (Å²) >= 11 is 0. The van der Waals surface area contributed by atoms with Gasteiger partial charge in [0.25, 0.3) is 0 Å². The highest BCUT2D eigenvalue weighted by molar-refractivity contribution is 5.72. The number of H-pyrrole nitrogens is 1. The number of benzene rings is 1. The van der Waals surface area contributed by atoms with E-state index in [4.69, 9.17) is 4.74 Å². The van der Waals surface area contributed by atoms with Crippen molar-refractivity contribution in [3.63, 3.8) is 0 Å². The van der Waals surface area contributed by atoms with Gasteiger partial charge in [-0.15, -0.1) is 0 Å². The molecule has 0 bridgehead atoms. The molecule has 5 nitrogen and oxygen atoms in total. The number of hydrogen-bond donors (Lipinski definition) is 1. The van der Waals surface area contributed by atoms with E-state index in [1.54, 1.807) is 18.3 Å². The average molecular weight is 331 g/mol. The summed E-state index contributed by atoms with van der Waals surface area (Å²) < 4.78 is 18.3. The maximum Gasteiger partial charge on any atom is 0.310 e. The normalized spacial score (nSPS) is 18.5. The first-order chi connectivity index (χ1) is 11.7. The summed E-state index contributed by atoms with van der Waals surface area (Å²) in [5.74, 6) is -0.416. The summed E-state index contributed by atoms with van der Waals surface area (Å²) in [6.45, 7) is 4.61. The van der Waals surface area contributed by atoms with Gasteiger partial charge in [0.1, 0.15) is 5.82 Å². The van der Waals surface area contributed by atoms with Crippen LogP contribution >= 0.6 is 0 Å². The van der Waals surface area contributed by atoms with Gasteiger partial charge in [-0.3, -0.25) is 14.8 Å². The molecule has 0 spiro atoms. The van der Waals surface area contributed by atoms with Crippen LogP contribution in [0.2, 0.25) is 0 Å². The minimum atomic E-state index is -0.256. The molecule has 1 atom stereocenters. The molecule has 1 saturated heterocycles. The van der Waals surface area contributed by atoms with Crippen molar-refractivity contribution in [1.29, 1.82) is 0 Å². The average Bonchev–Trinajstić information content (AvgIpc) is 3.04. The van der Waals surface area contributed by atoms with Crippen LogP contribution in [-0.4, -0.2) is 40.8 Å². The van der Waals surface area contributed by atoms with Gasteiger partial charge in [-0.1, -0.05) is 0 Å². The van der Waals surface area contributed by atoms with Crippen LogP contribution in [0.5, 0.6) is 0 Å². The Morgan fingerprint density at radius 2 is 2.21 bits per heavy atom. The molecule has 1 aromatic carbocycles. The standard InChI is InChI=1S/C18H22FN3O2/c1-2-24-18(23)14-4-3-9-22(11-14)12-15-10-20-21-17(15)13-5-7-16(19)8-6-13/h5-8,10,14H,2-4,9,11-12H2,1H3,(H,20,21)/t14-/m0/s1. The second kappa shape index (κ2) is 7.57. The van der Waals surface area contributed by atoms with Gasteiger partial charge in [0, 0.05) is 24.2 Å². The van der Waals surface area contributed by atoms with E-state index in [9.17, 15) is 9.18 Å². The summed E-state index contributed by atoms with van der Waals surface area (Å²) in [5.41, 5.74) is 2.85. The molecule has 0 saturated carbocycles. The first-order valence-electron chi connectivity index (χ1n) is 8.34. The Balaban J connectivity index is 1.69. The zero-order valence-electron chi connectivity index (χ0n) is 13.8. The summed E-state index contributed by atoms with van der Waals surface area (Å²) in [6, 6.07) is 6.36. The third kappa shape index (κ3) is 3.82. The van der Waals surface area contributed by atoms with Crippen molar-refractivity contribution in [2.24, 2.45) is 5.92 Å². The number of rotatable bonds is 5. The van der Waals surface area contributed by atoms with E-state index in [0.29, 0.717) is 19.7 Å². The molecule has 0 radical (unpaired) electrons. The number of halogens is 1. The third-order valence-electron chi connectivity index (χ3n) is 4.37. The van der Waals surface area contributed by atoms with Crippen LogP contribution in [0.4, 0.5) is 4.39 Å². The fourth-order valence-electron chi connectivity index (χ4n) is 3.19. The summed E-state index contributed by atoms with van der Waals surface area (Å²) in [7, 11) is 0. The zero-order valence-corrected chi connectivity index (χ0v) is 13.8. The Kier molecular flexibility index (Phi) is 5.25. The minimum Gasteiger partial charge on any atom is -0.466 e. The Hall–Kier alpha value is -2.21. The molecular weight excluding hydrogens is 309 g/mol. The van der Waals surface area contributed by atoms with Crippen molar-refractivity contribution in [3.05, 3.63) is 41.8 Å². The van der Waals surface area contributed by atoms with Crippen LogP contribution in [0.1, 0.15) is 25.3 Å². The molecule has 0 amide bonds. The van der Waals surface area contributed by atoms with E-state index >= 15 is 0 Å². The Bertz CT molecular complexity index is 684. The van der Waals surface area contributed by atoms with Crippen LogP contribution in [0.25, 0.3) is 11.3 Å². The number of carbonyl (C=O) groups is 1. The van der Waals surface area contributed by atoms with Crippen LogP contribution in [0, 0.1) is 11.7 Å². The van der Waals surface area contributed by atoms with Gasteiger partial charge in [-0.25, -0.2) is 4.39 Å². The summed E-state index contributed by atoms with van der Waals surface area (Å²) in [5, 5.41) is 7.13. The lowest BCUT2D eigenvalue weighted by molar-refractivity contribution is -0.150. The van der Waals surface area contributed by atoms with Gasteiger partial charge >= 0.3 is 5.97 Å². The number of piperidine rings is 1. The molecule has 1 fully saturated rings. The fraction of sp³-hybridized carbons (Fsp3) is 0.444. The molecule has 1 aliphatic heterocycles. The zero-order chi connectivity index (χ0) is 16.9. The number of esters is 1. The third-order valence-corrected chi connectivity index (χ3v) is 4.37. The molecule has 1 aliphatic rings. The van der Waals surface area contributed by atoms with E-state index in [1.165, 1.54) is 12.1 Å². The Labute approximate surface area is 140 Å². The fourth-order valence-corrected chi connectivity index (χ4v) is 3.19. The number of aromatic amines is 1. The molecule has 128 valence electrons. The van der Waals surface area contributed by atoms with Crippen molar-refractivity contribution in [2.45, 2.75) is 26.3 Å². The summed E-state index contributed by atoms with van der Waals surface area (Å²) in [6.07, 6.45) is 3.66. The molecule has 24 heavy (non-hydrogen) atoms. The van der Waals surface area contributed by atoms with Crippen molar-refractivity contribution < 1.29 is 13.9 Å². The molecule has 2 aromatic rings. The first kappa shape index (κ1) is 16.6. The largest absolute Gasteiger partial charge is 0.466 e. The van der Waals surface area contributed by atoms with Crippen molar-refractivity contribution in [3.8, 4) is 11.3 Å². The van der Waals surface area contributed by atoms with Crippen LogP contribution in [-0.2, 0) is 16.1 Å². The van der Waals surface area contributed by atoms with Gasteiger partial charge in [-0.05, 0) is 50.6 Å². The van der Waals surface area contributed by atoms with Crippen LogP contribution in [0.15, 0.2) is 30.5 Å². The Morgan fingerprint density at radius 3 is 2.96 bits per heavy atom. The molecule has 6 heteroatoms. The monoisotopic (exact) mass is 331 g/mol. The van der Waals surface area contributed by atoms with Gasteiger partial charge < -0.3 is 4.74 Å². The predicted molar refractivity (Wildman–Crippen MR) is 88.6 cm³/mol. The number of hydrogen-bond acceptors (Lipinski definition) is 4. The topological polar surface area (TPSA) is 58.2 Å². The molecular formula is C18H22FN3O2. The molecule has 0 unspecified atom stereocenters. The lowest BCUT2D eigenvalue weighted by Crippen LogP contribution is -2.38. The van der Waals surface area contributed by atoms with Gasteiger partial charge in [0.2, 0.25) is 0 Å². The number of carbonyl (C=O) groups excluding carboxylic acids is 1. The van der Waals surface area contributed by atoms with Crippen LogP contribution < -0.4 is 0 Å². The van der Waals surface area contributed by atoms with Crippen molar-refractivity contribution in [1.82, 2.24) is 15.1 Å². The maximum atomic E-state index is 13.1. The van der Waals surface area contributed by atoms with E-state index < -0.39 is 0 Å². The van der Waals surface area contributed by atoms with Crippen molar-refractivity contribution >= 4 is 5.97 Å². The minimum absolute atomic E-state index is 0.0557. The van der Waals surface area contributed by atoms with Gasteiger partial charge in [-0.2, -0.15) is 5.10 Å². The van der Waals surface area contributed by atoms with E-state index in [-0.39, 0.29) is 17.7 Å². The molecule has 1 aromatic heterocycles. The quantitative estimate of drug-likeness (QED) is 0.856. The number of nitrogens with zero attached hydrogens (tertiary/aromatic N) is 2. The highest BCUT2D eigenvalue weighted by atomic mass is 19.1. The molecule has 2 heterocycles. The Morgan fingerprint density at radius 1 is 1.42 bits per heavy atom. The molecule has 3 rings (SSSR count). The lowest BCUT2D eigenvalue weighted by Gasteiger charge is -2.31. The van der Waals surface area contributed by atoms with Crippen molar-refractivity contribution in [2.75, 3.05) is 19.7 Å². The number of nitrogens with one attached hydrogen (secondary N) is 1. The maximum absolute atomic E-state index is 13.1. The number of ether oxygens (including phenoxy) is 1. The second-order valence-electron chi connectivity index (χ2n) is 6.10. The number of likely N-dealkylation sites (tertiary alicyclic amines) is 1. The smallest absolute Gasteiger partial charge is 0.310 e. The highest BCUT2D eigenvalue weighted by Gasteiger charge is 2.27.